The van der Waals surface area contributed by atoms with Crippen molar-refractivity contribution < 1.29 is 9.53 Å². The Morgan fingerprint density at radius 1 is 1.19 bits per heavy atom. The van der Waals surface area contributed by atoms with Crippen LogP contribution in [0.15, 0.2) is 0 Å². The van der Waals surface area contributed by atoms with Gasteiger partial charge in [0.2, 0.25) is 5.91 Å². The van der Waals surface area contributed by atoms with Crippen molar-refractivity contribution in [1.29, 1.82) is 0 Å². The SMILES string of the molecule is CCOCC(=O)N1CCC(CN2CCN(C)C[C@@H]2C)CC1. The first-order valence-electron chi connectivity index (χ1n) is 8.38. The predicted molar refractivity (Wildman–Crippen MR) is 84.3 cm³/mol. The number of likely N-dealkylation sites (N-methyl/N-ethyl adjacent to an activating group) is 1. The Bertz CT molecular complexity index is 329. The molecule has 0 N–H and O–H groups in total. The van der Waals surface area contributed by atoms with Gasteiger partial charge in [-0.05, 0) is 39.7 Å². The van der Waals surface area contributed by atoms with Gasteiger partial charge in [-0.2, -0.15) is 0 Å². The van der Waals surface area contributed by atoms with Gasteiger partial charge in [-0.3, -0.25) is 9.69 Å². The highest BCUT2D eigenvalue weighted by Gasteiger charge is 2.27. The lowest BCUT2D eigenvalue weighted by Gasteiger charge is -2.41. The molecule has 0 unspecified atom stereocenters. The summed E-state index contributed by atoms with van der Waals surface area (Å²) in [7, 11) is 2.20. The van der Waals surface area contributed by atoms with Crippen molar-refractivity contribution in [3.63, 3.8) is 0 Å². The second-order valence-corrected chi connectivity index (χ2v) is 6.57. The van der Waals surface area contributed by atoms with Crippen molar-refractivity contribution in [2.45, 2.75) is 32.7 Å². The van der Waals surface area contributed by atoms with Gasteiger partial charge in [0.25, 0.3) is 0 Å². The van der Waals surface area contributed by atoms with Crippen LogP contribution in [0.2, 0.25) is 0 Å². The molecule has 0 spiro atoms. The van der Waals surface area contributed by atoms with Gasteiger partial charge >= 0.3 is 0 Å². The normalized spacial score (nSPS) is 26.2. The molecule has 1 amide bonds. The Morgan fingerprint density at radius 3 is 2.52 bits per heavy atom. The van der Waals surface area contributed by atoms with Crippen molar-refractivity contribution in [2.75, 3.05) is 59.5 Å². The average molecular weight is 297 g/mol. The van der Waals surface area contributed by atoms with E-state index in [1.54, 1.807) is 0 Å². The van der Waals surface area contributed by atoms with Crippen molar-refractivity contribution in [2.24, 2.45) is 5.92 Å². The van der Waals surface area contributed by atoms with E-state index >= 15 is 0 Å². The Hall–Kier alpha value is -0.650. The topological polar surface area (TPSA) is 36.0 Å². The standard InChI is InChI=1S/C16H31N3O2/c1-4-21-13-16(20)18-7-5-15(6-8-18)12-19-10-9-17(3)11-14(19)2/h14-15H,4-13H2,1-3H3/t14-/m0/s1. The first kappa shape index (κ1) is 16.7. The van der Waals surface area contributed by atoms with Crippen LogP contribution in [-0.2, 0) is 9.53 Å². The van der Waals surface area contributed by atoms with Crippen LogP contribution < -0.4 is 0 Å². The minimum atomic E-state index is 0.156. The first-order chi connectivity index (χ1) is 10.1. The van der Waals surface area contributed by atoms with E-state index < -0.39 is 0 Å². The molecule has 2 heterocycles. The molecule has 2 saturated heterocycles. The van der Waals surface area contributed by atoms with Crippen LogP contribution in [0.3, 0.4) is 0 Å². The molecule has 0 radical (unpaired) electrons. The molecule has 5 nitrogen and oxygen atoms in total. The van der Waals surface area contributed by atoms with E-state index in [4.69, 9.17) is 4.74 Å². The van der Waals surface area contributed by atoms with Gasteiger partial charge in [0.05, 0.1) is 0 Å². The molecule has 0 aromatic rings. The van der Waals surface area contributed by atoms with Crippen LogP contribution in [0.1, 0.15) is 26.7 Å². The summed E-state index contributed by atoms with van der Waals surface area (Å²) in [6, 6.07) is 0.654. The zero-order chi connectivity index (χ0) is 15.2. The van der Waals surface area contributed by atoms with Crippen LogP contribution in [0, 0.1) is 5.92 Å². The summed E-state index contributed by atoms with van der Waals surface area (Å²) in [6.07, 6.45) is 2.27. The number of rotatable bonds is 5. The summed E-state index contributed by atoms with van der Waals surface area (Å²) in [4.78, 5) is 18.9. The maximum Gasteiger partial charge on any atom is 0.248 e. The summed E-state index contributed by atoms with van der Waals surface area (Å²) >= 11 is 0. The third-order valence-electron chi connectivity index (χ3n) is 4.86. The third-order valence-corrected chi connectivity index (χ3v) is 4.86. The number of hydrogen-bond donors (Lipinski definition) is 0. The van der Waals surface area contributed by atoms with E-state index in [1.165, 1.54) is 26.2 Å². The summed E-state index contributed by atoms with van der Waals surface area (Å²) in [6.45, 7) is 11.6. The average Bonchev–Trinajstić information content (AvgIpc) is 2.48. The highest BCUT2D eigenvalue weighted by Crippen LogP contribution is 2.20. The summed E-state index contributed by atoms with van der Waals surface area (Å²) in [5.74, 6) is 0.898. The lowest BCUT2D eigenvalue weighted by atomic mass is 9.95. The molecule has 2 rings (SSSR count). The second kappa shape index (κ2) is 8.11. The van der Waals surface area contributed by atoms with Crippen LogP contribution >= 0.6 is 0 Å². The lowest BCUT2D eigenvalue weighted by Crippen LogP contribution is -2.52. The van der Waals surface area contributed by atoms with E-state index in [2.05, 4.69) is 23.8 Å². The smallest absolute Gasteiger partial charge is 0.248 e. The van der Waals surface area contributed by atoms with Crippen molar-refractivity contribution in [1.82, 2.24) is 14.7 Å². The molecule has 2 aliphatic rings. The van der Waals surface area contributed by atoms with E-state index in [0.717, 1.165) is 31.8 Å². The van der Waals surface area contributed by atoms with Gasteiger partial charge in [-0.15, -0.1) is 0 Å². The van der Waals surface area contributed by atoms with Gasteiger partial charge < -0.3 is 14.5 Å². The minimum Gasteiger partial charge on any atom is -0.372 e. The van der Waals surface area contributed by atoms with Gasteiger partial charge in [0.1, 0.15) is 6.61 Å². The van der Waals surface area contributed by atoms with Gasteiger partial charge in [-0.1, -0.05) is 0 Å². The fraction of sp³-hybridized carbons (Fsp3) is 0.938. The second-order valence-electron chi connectivity index (χ2n) is 6.57. The number of carbonyl (C=O) groups is 1. The van der Waals surface area contributed by atoms with E-state index in [9.17, 15) is 4.79 Å². The maximum absolute atomic E-state index is 11.9. The Kier molecular flexibility index (Phi) is 6.45. The van der Waals surface area contributed by atoms with Crippen LogP contribution in [0.25, 0.3) is 0 Å². The molecule has 2 aliphatic heterocycles. The molecule has 0 aromatic carbocycles. The molecule has 122 valence electrons. The summed E-state index contributed by atoms with van der Waals surface area (Å²) in [5, 5.41) is 0. The zero-order valence-corrected chi connectivity index (χ0v) is 13.9. The van der Waals surface area contributed by atoms with Gasteiger partial charge in [0, 0.05) is 51.9 Å². The Morgan fingerprint density at radius 2 is 1.90 bits per heavy atom. The highest BCUT2D eigenvalue weighted by molar-refractivity contribution is 5.77. The van der Waals surface area contributed by atoms with Crippen LogP contribution in [0.5, 0.6) is 0 Å². The Labute approximate surface area is 129 Å². The fourth-order valence-electron chi connectivity index (χ4n) is 3.43. The number of carbonyl (C=O) groups excluding carboxylic acids is 1. The zero-order valence-electron chi connectivity index (χ0n) is 13.9. The molecule has 2 fully saturated rings. The predicted octanol–water partition coefficient (Wildman–Crippen LogP) is 0.897. The van der Waals surface area contributed by atoms with Crippen LogP contribution in [-0.4, -0.2) is 86.2 Å². The Balaban J connectivity index is 1.70. The van der Waals surface area contributed by atoms with E-state index in [1.807, 2.05) is 11.8 Å². The number of amides is 1. The molecule has 0 saturated carbocycles. The number of piperidine rings is 1. The molecular weight excluding hydrogens is 266 g/mol. The third kappa shape index (κ3) is 4.94. The minimum absolute atomic E-state index is 0.156. The number of piperazine rings is 1. The number of likely N-dealkylation sites (tertiary alicyclic amines) is 1. The molecule has 21 heavy (non-hydrogen) atoms. The molecule has 0 aromatic heterocycles. The molecule has 5 heteroatoms. The molecule has 0 aliphatic carbocycles. The van der Waals surface area contributed by atoms with Crippen molar-refractivity contribution >= 4 is 5.91 Å². The van der Waals surface area contributed by atoms with E-state index in [0.29, 0.717) is 12.6 Å². The lowest BCUT2D eigenvalue weighted by molar-refractivity contribution is -0.137. The van der Waals surface area contributed by atoms with Gasteiger partial charge in [-0.25, -0.2) is 0 Å². The van der Waals surface area contributed by atoms with Gasteiger partial charge in [0.15, 0.2) is 0 Å². The van der Waals surface area contributed by atoms with E-state index in [-0.39, 0.29) is 12.5 Å². The summed E-state index contributed by atoms with van der Waals surface area (Å²) in [5.41, 5.74) is 0. The monoisotopic (exact) mass is 297 g/mol. The molecule has 0 bridgehead atoms. The largest absolute Gasteiger partial charge is 0.372 e. The van der Waals surface area contributed by atoms with Crippen LogP contribution in [0.4, 0.5) is 0 Å². The molecular formula is C16H31N3O2. The molecule has 1 atom stereocenters. The highest BCUT2D eigenvalue weighted by atomic mass is 16.5. The van der Waals surface area contributed by atoms with Crippen molar-refractivity contribution in [3.8, 4) is 0 Å². The number of nitrogens with zero attached hydrogens (tertiary/aromatic N) is 3. The first-order valence-corrected chi connectivity index (χ1v) is 8.38. The maximum atomic E-state index is 11.9. The number of ether oxygens (including phenoxy) is 1. The summed E-state index contributed by atoms with van der Waals surface area (Å²) < 4.78 is 5.22. The van der Waals surface area contributed by atoms with Crippen molar-refractivity contribution in [3.05, 3.63) is 0 Å². The quantitative estimate of drug-likeness (QED) is 0.755. The number of hydrogen-bond acceptors (Lipinski definition) is 4. The fourth-order valence-corrected chi connectivity index (χ4v) is 3.43.